The Bertz CT molecular complexity index is 515. The molecule has 0 amide bonds. The monoisotopic (exact) mass is 272 g/mol. The third kappa shape index (κ3) is 2.98. The first kappa shape index (κ1) is 14.9. The van der Waals surface area contributed by atoms with Crippen LogP contribution in [0.2, 0.25) is 0 Å². The average Bonchev–Trinajstić information content (AvgIpc) is 2.51. The van der Waals surface area contributed by atoms with Crippen LogP contribution in [0.5, 0.6) is 5.75 Å². The highest BCUT2D eigenvalue weighted by Crippen LogP contribution is 2.36. The molecule has 3 heteroatoms. The van der Waals surface area contributed by atoms with Crippen molar-refractivity contribution in [1.29, 1.82) is 0 Å². The molecule has 0 saturated carbocycles. The number of ether oxygens (including phenoxy) is 1. The van der Waals surface area contributed by atoms with Crippen molar-refractivity contribution in [3.8, 4) is 17.6 Å². The van der Waals surface area contributed by atoms with E-state index < -0.39 is 0 Å². The Labute approximate surface area is 121 Å². The first-order valence-electron chi connectivity index (χ1n) is 7.28. The van der Waals surface area contributed by atoms with Gasteiger partial charge in [-0.1, -0.05) is 6.07 Å². The summed E-state index contributed by atoms with van der Waals surface area (Å²) in [5.74, 6) is 6.93. The second-order valence-corrected chi connectivity index (χ2v) is 5.27. The van der Waals surface area contributed by atoms with Crippen LogP contribution in [-0.2, 0) is 12.0 Å². The minimum Gasteiger partial charge on any atom is -0.497 e. The standard InChI is InChI=1S/C17H24N2O/c1-3-4-5-11-19-17(13-18)10-6-7-14-8-9-15(20-2)12-16(14)17/h8-9,12,19H,5-7,10-11,13,18H2,1-2H3. The third-order valence-electron chi connectivity index (χ3n) is 4.12. The summed E-state index contributed by atoms with van der Waals surface area (Å²) >= 11 is 0. The zero-order valence-corrected chi connectivity index (χ0v) is 12.5. The number of nitrogens with two attached hydrogens (primary N) is 1. The van der Waals surface area contributed by atoms with Gasteiger partial charge in [-0.05, 0) is 49.4 Å². The van der Waals surface area contributed by atoms with E-state index in [-0.39, 0.29) is 5.54 Å². The highest BCUT2D eigenvalue weighted by Gasteiger charge is 2.34. The van der Waals surface area contributed by atoms with Gasteiger partial charge in [-0.3, -0.25) is 0 Å². The van der Waals surface area contributed by atoms with E-state index >= 15 is 0 Å². The molecule has 3 nitrogen and oxygen atoms in total. The van der Waals surface area contributed by atoms with Crippen LogP contribution in [0.1, 0.15) is 37.3 Å². The first-order valence-corrected chi connectivity index (χ1v) is 7.28. The molecule has 1 aromatic carbocycles. The van der Waals surface area contributed by atoms with E-state index in [0.29, 0.717) is 6.54 Å². The summed E-state index contributed by atoms with van der Waals surface area (Å²) in [6.07, 6.45) is 4.22. The number of methoxy groups -OCH3 is 1. The molecule has 1 unspecified atom stereocenters. The Morgan fingerprint density at radius 1 is 1.45 bits per heavy atom. The third-order valence-corrected chi connectivity index (χ3v) is 4.12. The highest BCUT2D eigenvalue weighted by atomic mass is 16.5. The molecular weight excluding hydrogens is 248 g/mol. The predicted octanol–water partition coefficient (Wildman–Crippen LogP) is 2.19. The fourth-order valence-corrected chi connectivity index (χ4v) is 3.02. The molecule has 1 atom stereocenters. The van der Waals surface area contributed by atoms with Crippen molar-refractivity contribution in [1.82, 2.24) is 5.32 Å². The number of nitrogens with one attached hydrogen (secondary N) is 1. The summed E-state index contributed by atoms with van der Waals surface area (Å²) in [6, 6.07) is 6.35. The normalized spacial score (nSPS) is 20.8. The van der Waals surface area contributed by atoms with Crippen LogP contribution in [0.25, 0.3) is 0 Å². The molecule has 0 spiro atoms. The van der Waals surface area contributed by atoms with Gasteiger partial charge >= 0.3 is 0 Å². The number of aryl methyl sites for hydroxylation is 1. The molecule has 3 N–H and O–H groups in total. The summed E-state index contributed by atoms with van der Waals surface area (Å²) < 4.78 is 5.37. The molecule has 0 saturated heterocycles. The van der Waals surface area contributed by atoms with Gasteiger partial charge < -0.3 is 15.8 Å². The molecule has 1 aliphatic rings. The van der Waals surface area contributed by atoms with E-state index in [0.717, 1.165) is 31.6 Å². The van der Waals surface area contributed by atoms with E-state index in [1.165, 1.54) is 17.5 Å². The minimum absolute atomic E-state index is 0.127. The second-order valence-electron chi connectivity index (χ2n) is 5.27. The van der Waals surface area contributed by atoms with Crippen molar-refractivity contribution in [3.05, 3.63) is 29.3 Å². The van der Waals surface area contributed by atoms with Gasteiger partial charge in [0.2, 0.25) is 0 Å². The number of rotatable bonds is 5. The van der Waals surface area contributed by atoms with Gasteiger partial charge in [-0.15, -0.1) is 11.8 Å². The SMILES string of the molecule is CC#CCCNC1(CN)CCCc2ccc(OC)cc21. The van der Waals surface area contributed by atoms with Crippen molar-refractivity contribution < 1.29 is 4.74 Å². The summed E-state index contributed by atoms with van der Waals surface area (Å²) in [5, 5.41) is 3.64. The maximum Gasteiger partial charge on any atom is 0.119 e. The van der Waals surface area contributed by atoms with Crippen LogP contribution in [-0.4, -0.2) is 20.2 Å². The maximum absolute atomic E-state index is 6.12. The lowest BCUT2D eigenvalue weighted by Crippen LogP contribution is -2.50. The quantitative estimate of drug-likeness (QED) is 0.638. The molecule has 0 aliphatic heterocycles. The van der Waals surface area contributed by atoms with Gasteiger partial charge in [0.15, 0.2) is 0 Å². The van der Waals surface area contributed by atoms with Gasteiger partial charge in [0, 0.05) is 19.5 Å². The van der Waals surface area contributed by atoms with Crippen molar-refractivity contribution in [2.45, 2.75) is 38.1 Å². The Balaban J connectivity index is 2.27. The highest BCUT2D eigenvalue weighted by molar-refractivity contribution is 5.42. The molecule has 2 rings (SSSR count). The average molecular weight is 272 g/mol. The summed E-state index contributed by atoms with van der Waals surface area (Å²) in [5.41, 5.74) is 8.68. The molecule has 0 fully saturated rings. The largest absolute Gasteiger partial charge is 0.497 e. The van der Waals surface area contributed by atoms with Crippen LogP contribution in [0, 0.1) is 11.8 Å². The maximum atomic E-state index is 6.12. The van der Waals surface area contributed by atoms with Gasteiger partial charge in [-0.25, -0.2) is 0 Å². The number of hydrogen-bond acceptors (Lipinski definition) is 3. The van der Waals surface area contributed by atoms with Crippen molar-refractivity contribution >= 4 is 0 Å². The van der Waals surface area contributed by atoms with E-state index in [1.54, 1.807) is 7.11 Å². The molecule has 0 radical (unpaired) electrons. The van der Waals surface area contributed by atoms with E-state index in [1.807, 2.05) is 13.0 Å². The molecule has 108 valence electrons. The Kier molecular flexibility index (Phi) is 5.05. The molecular formula is C17H24N2O. The van der Waals surface area contributed by atoms with Gasteiger partial charge in [-0.2, -0.15) is 0 Å². The lowest BCUT2D eigenvalue weighted by Gasteiger charge is -2.39. The van der Waals surface area contributed by atoms with E-state index in [4.69, 9.17) is 10.5 Å². The summed E-state index contributed by atoms with van der Waals surface area (Å²) in [6.45, 7) is 3.35. The zero-order valence-electron chi connectivity index (χ0n) is 12.5. The van der Waals surface area contributed by atoms with Gasteiger partial charge in [0.05, 0.1) is 12.6 Å². The molecule has 0 bridgehead atoms. The molecule has 0 heterocycles. The molecule has 20 heavy (non-hydrogen) atoms. The van der Waals surface area contributed by atoms with E-state index in [2.05, 4.69) is 29.3 Å². The number of fused-ring (bicyclic) bond motifs is 1. The fraction of sp³-hybridized carbons (Fsp3) is 0.529. The Morgan fingerprint density at radius 3 is 3.00 bits per heavy atom. The molecule has 0 aromatic heterocycles. The Hall–Kier alpha value is -1.50. The topological polar surface area (TPSA) is 47.3 Å². The van der Waals surface area contributed by atoms with Gasteiger partial charge in [0.1, 0.15) is 5.75 Å². The van der Waals surface area contributed by atoms with Crippen molar-refractivity contribution in [3.63, 3.8) is 0 Å². The predicted molar refractivity (Wildman–Crippen MR) is 82.7 cm³/mol. The number of hydrogen-bond donors (Lipinski definition) is 2. The van der Waals surface area contributed by atoms with Crippen LogP contribution in [0.15, 0.2) is 18.2 Å². The minimum atomic E-state index is -0.127. The van der Waals surface area contributed by atoms with Crippen LogP contribution < -0.4 is 15.8 Å². The zero-order chi connectivity index (χ0) is 14.4. The Morgan fingerprint density at radius 2 is 2.30 bits per heavy atom. The smallest absolute Gasteiger partial charge is 0.119 e. The number of benzene rings is 1. The van der Waals surface area contributed by atoms with Crippen molar-refractivity contribution in [2.24, 2.45) is 5.73 Å². The summed E-state index contributed by atoms with van der Waals surface area (Å²) in [7, 11) is 1.71. The lowest BCUT2D eigenvalue weighted by atomic mass is 9.76. The fourth-order valence-electron chi connectivity index (χ4n) is 3.02. The molecule has 1 aliphatic carbocycles. The summed E-state index contributed by atoms with van der Waals surface area (Å²) in [4.78, 5) is 0. The first-order chi connectivity index (χ1) is 9.75. The van der Waals surface area contributed by atoms with Crippen LogP contribution in [0.4, 0.5) is 0 Å². The van der Waals surface area contributed by atoms with Crippen LogP contribution >= 0.6 is 0 Å². The van der Waals surface area contributed by atoms with Gasteiger partial charge in [0.25, 0.3) is 0 Å². The van der Waals surface area contributed by atoms with E-state index in [9.17, 15) is 0 Å². The molecule has 1 aromatic rings. The second kappa shape index (κ2) is 6.78. The van der Waals surface area contributed by atoms with Crippen LogP contribution in [0.3, 0.4) is 0 Å². The lowest BCUT2D eigenvalue weighted by molar-refractivity contribution is 0.294. The van der Waals surface area contributed by atoms with Crippen molar-refractivity contribution in [2.75, 3.05) is 20.2 Å².